The first-order valence-corrected chi connectivity index (χ1v) is 18.1. The third-order valence-corrected chi connectivity index (χ3v) is 10.5. The molecule has 0 bridgehead atoms. The van der Waals surface area contributed by atoms with Gasteiger partial charge in [0.05, 0.1) is 11.0 Å². The van der Waals surface area contributed by atoms with Gasteiger partial charge in [-0.1, -0.05) is 146 Å². The van der Waals surface area contributed by atoms with Crippen LogP contribution in [0.4, 0.5) is 0 Å². The molecule has 0 aliphatic heterocycles. The summed E-state index contributed by atoms with van der Waals surface area (Å²) in [6.07, 6.45) is 0. The number of benzene rings is 8. The molecule has 11 aromatic rings. The maximum absolute atomic E-state index is 6.14. The second-order valence-corrected chi connectivity index (χ2v) is 13.6. The highest BCUT2D eigenvalue weighted by atomic mass is 16.3. The number of nitrogens with zero attached hydrogens (tertiary/aromatic N) is 4. The van der Waals surface area contributed by atoms with E-state index in [-0.39, 0.29) is 0 Å². The van der Waals surface area contributed by atoms with Crippen LogP contribution in [0.2, 0.25) is 0 Å². The first-order valence-electron chi connectivity index (χ1n) is 18.1. The third-order valence-electron chi connectivity index (χ3n) is 10.5. The van der Waals surface area contributed by atoms with Gasteiger partial charge in [0.2, 0.25) is 5.95 Å². The van der Waals surface area contributed by atoms with E-state index in [0.29, 0.717) is 17.6 Å². The smallest absolute Gasteiger partial charge is 0.238 e. The lowest BCUT2D eigenvalue weighted by atomic mass is 9.92. The van der Waals surface area contributed by atoms with Crippen LogP contribution in [-0.4, -0.2) is 19.5 Å². The number of hydrogen-bond acceptors (Lipinski definition) is 4. The highest BCUT2D eigenvalue weighted by Gasteiger charge is 2.19. The van der Waals surface area contributed by atoms with Crippen molar-refractivity contribution in [3.8, 4) is 51.0 Å². The molecule has 5 heteroatoms. The Morgan fingerprint density at radius 3 is 1.54 bits per heavy atom. The Bertz CT molecular complexity index is 3160. The third kappa shape index (κ3) is 4.83. The molecule has 0 N–H and O–H groups in total. The number of rotatable bonds is 5. The van der Waals surface area contributed by atoms with E-state index >= 15 is 0 Å². The highest BCUT2D eigenvalue weighted by Crippen LogP contribution is 2.40. The fourth-order valence-electron chi connectivity index (χ4n) is 7.96. The van der Waals surface area contributed by atoms with Crippen LogP contribution in [0.25, 0.3) is 105 Å². The van der Waals surface area contributed by atoms with Gasteiger partial charge in [-0.15, -0.1) is 0 Å². The number of aromatic nitrogens is 4. The Morgan fingerprint density at radius 2 is 0.852 bits per heavy atom. The van der Waals surface area contributed by atoms with E-state index in [9.17, 15) is 0 Å². The zero-order valence-corrected chi connectivity index (χ0v) is 29.0. The molecule has 8 aromatic carbocycles. The fraction of sp³-hybridized carbons (Fsp3) is 0. The number of hydrogen-bond donors (Lipinski definition) is 0. The second-order valence-electron chi connectivity index (χ2n) is 13.6. The molecule has 0 unspecified atom stereocenters. The zero-order valence-electron chi connectivity index (χ0n) is 29.0. The van der Waals surface area contributed by atoms with Gasteiger partial charge in [0, 0.05) is 32.7 Å². The zero-order chi connectivity index (χ0) is 35.6. The molecule has 0 aliphatic carbocycles. The molecule has 0 saturated carbocycles. The lowest BCUT2D eigenvalue weighted by Gasteiger charge is -2.12. The van der Waals surface area contributed by atoms with Crippen molar-refractivity contribution >= 4 is 54.5 Å². The molecule has 0 spiro atoms. The van der Waals surface area contributed by atoms with Crippen molar-refractivity contribution in [2.24, 2.45) is 0 Å². The van der Waals surface area contributed by atoms with Crippen LogP contribution in [0.5, 0.6) is 0 Å². The molecule has 0 aliphatic rings. The van der Waals surface area contributed by atoms with E-state index in [1.54, 1.807) is 0 Å². The van der Waals surface area contributed by atoms with Crippen molar-refractivity contribution < 1.29 is 4.42 Å². The number of fused-ring (bicyclic) bond motifs is 7. The Hall–Kier alpha value is -7.37. The molecule has 252 valence electrons. The SMILES string of the molecule is c1ccc(-c2nc(-c3ccccc3)nc(-n3c4ccccc4c4cc(-c5cccc6c(-c7ccc8oc9ccccc9c8c7)cccc56)ccc43)n2)cc1. The van der Waals surface area contributed by atoms with Gasteiger partial charge in [0.15, 0.2) is 11.6 Å². The summed E-state index contributed by atoms with van der Waals surface area (Å²) in [5.41, 5.74) is 10.4. The Kier molecular flexibility index (Phi) is 6.79. The molecule has 0 fully saturated rings. The Morgan fingerprint density at radius 1 is 0.333 bits per heavy atom. The maximum Gasteiger partial charge on any atom is 0.238 e. The van der Waals surface area contributed by atoms with Gasteiger partial charge in [-0.3, -0.25) is 4.57 Å². The van der Waals surface area contributed by atoms with Crippen molar-refractivity contribution in [2.75, 3.05) is 0 Å². The summed E-state index contributed by atoms with van der Waals surface area (Å²) in [7, 11) is 0. The van der Waals surface area contributed by atoms with Crippen LogP contribution in [-0.2, 0) is 0 Å². The monoisotopic (exact) mass is 690 g/mol. The van der Waals surface area contributed by atoms with E-state index in [0.717, 1.165) is 66.0 Å². The molecule has 11 rings (SSSR count). The van der Waals surface area contributed by atoms with Gasteiger partial charge in [-0.2, -0.15) is 9.97 Å². The summed E-state index contributed by atoms with van der Waals surface area (Å²) >= 11 is 0. The molecule has 3 heterocycles. The van der Waals surface area contributed by atoms with Crippen LogP contribution in [0.1, 0.15) is 0 Å². The van der Waals surface area contributed by atoms with Crippen LogP contribution in [0.3, 0.4) is 0 Å². The predicted octanol–water partition coefficient (Wildman–Crippen LogP) is 12.7. The van der Waals surface area contributed by atoms with E-state index in [2.05, 4.69) is 114 Å². The second kappa shape index (κ2) is 12.1. The molecule has 54 heavy (non-hydrogen) atoms. The lowest BCUT2D eigenvalue weighted by Crippen LogP contribution is -2.06. The van der Waals surface area contributed by atoms with Crippen molar-refractivity contribution in [3.63, 3.8) is 0 Å². The van der Waals surface area contributed by atoms with Gasteiger partial charge in [0.1, 0.15) is 11.2 Å². The van der Waals surface area contributed by atoms with Crippen molar-refractivity contribution in [3.05, 3.63) is 182 Å². The van der Waals surface area contributed by atoms with E-state index in [1.807, 2.05) is 72.8 Å². The van der Waals surface area contributed by atoms with Crippen LogP contribution < -0.4 is 0 Å². The lowest BCUT2D eigenvalue weighted by molar-refractivity contribution is 0.669. The largest absolute Gasteiger partial charge is 0.456 e. The maximum atomic E-state index is 6.14. The van der Waals surface area contributed by atoms with Gasteiger partial charge in [-0.25, -0.2) is 4.98 Å². The van der Waals surface area contributed by atoms with Crippen molar-refractivity contribution in [1.29, 1.82) is 0 Å². The summed E-state index contributed by atoms with van der Waals surface area (Å²) in [5.74, 6) is 1.85. The minimum Gasteiger partial charge on any atom is -0.456 e. The van der Waals surface area contributed by atoms with Crippen molar-refractivity contribution in [2.45, 2.75) is 0 Å². The van der Waals surface area contributed by atoms with Gasteiger partial charge < -0.3 is 4.42 Å². The van der Waals surface area contributed by atoms with Crippen LogP contribution in [0, 0.1) is 0 Å². The topological polar surface area (TPSA) is 56.7 Å². The summed E-state index contributed by atoms with van der Waals surface area (Å²) in [4.78, 5) is 15.1. The van der Waals surface area contributed by atoms with Gasteiger partial charge >= 0.3 is 0 Å². The standard InChI is InChI=1S/C49H30N4O/c1-3-13-31(14-4-1)47-50-48(32-15-5-2-6-16-32)52-49(51-47)53-43-23-9-7-17-39(43)41-29-33(25-27-44(41)53)35-19-11-22-38-36(20-12-21-37(35)38)34-26-28-46-42(30-34)40-18-8-10-24-45(40)54-46/h1-30H. The Labute approximate surface area is 310 Å². The van der Waals surface area contributed by atoms with E-state index in [1.165, 1.54) is 21.9 Å². The molecule has 0 radical (unpaired) electrons. The number of furan rings is 1. The molecular formula is C49H30N4O. The van der Waals surface area contributed by atoms with E-state index in [4.69, 9.17) is 19.4 Å². The molecule has 5 nitrogen and oxygen atoms in total. The fourth-order valence-corrected chi connectivity index (χ4v) is 7.96. The van der Waals surface area contributed by atoms with Gasteiger partial charge in [-0.05, 0) is 69.4 Å². The quantitative estimate of drug-likeness (QED) is 0.180. The highest BCUT2D eigenvalue weighted by molar-refractivity contribution is 6.13. The van der Waals surface area contributed by atoms with Gasteiger partial charge in [0.25, 0.3) is 0 Å². The molecule has 0 atom stereocenters. The summed E-state index contributed by atoms with van der Waals surface area (Å²) in [6.45, 7) is 0. The van der Waals surface area contributed by atoms with E-state index < -0.39 is 0 Å². The molecule has 0 saturated heterocycles. The molecule has 0 amide bonds. The summed E-state index contributed by atoms with van der Waals surface area (Å²) in [5, 5.41) is 6.94. The Balaban J connectivity index is 1.09. The average Bonchev–Trinajstić information content (AvgIpc) is 3.79. The molecule has 3 aromatic heterocycles. The predicted molar refractivity (Wildman–Crippen MR) is 221 cm³/mol. The average molecular weight is 691 g/mol. The summed E-state index contributed by atoms with van der Waals surface area (Å²) < 4.78 is 8.32. The first kappa shape index (κ1) is 30.3. The summed E-state index contributed by atoms with van der Waals surface area (Å²) in [6, 6.07) is 63.5. The minimum atomic E-state index is 0.582. The van der Waals surface area contributed by atoms with Crippen LogP contribution >= 0.6 is 0 Å². The molecular weight excluding hydrogens is 661 g/mol. The first-order chi connectivity index (χ1) is 26.8. The number of para-hydroxylation sites is 2. The minimum absolute atomic E-state index is 0.582. The van der Waals surface area contributed by atoms with Crippen LogP contribution in [0.15, 0.2) is 186 Å². The van der Waals surface area contributed by atoms with Crippen molar-refractivity contribution in [1.82, 2.24) is 19.5 Å². The normalized spacial score (nSPS) is 11.7.